The van der Waals surface area contributed by atoms with Crippen LogP contribution in [0, 0.1) is 0 Å². The number of aromatic nitrogens is 1. The first-order valence-corrected chi connectivity index (χ1v) is 7.69. The number of amides is 1. The molecule has 1 amide bonds. The zero-order chi connectivity index (χ0) is 14.9. The lowest BCUT2D eigenvalue weighted by Gasteiger charge is -1.95. The smallest absolute Gasteiger partial charge is 0.275 e. The lowest BCUT2D eigenvalue weighted by molar-refractivity contribution is -0.110. The van der Waals surface area contributed by atoms with Gasteiger partial charge in [0.15, 0.2) is 0 Å². The van der Waals surface area contributed by atoms with E-state index in [1.165, 1.54) is 11.3 Å². The van der Waals surface area contributed by atoms with Crippen molar-refractivity contribution in [3.63, 3.8) is 0 Å². The zero-order valence-corrected chi connectivity index (χ0v) is 12.3. The summed E-state index contributed by atoms with van der Waals surface area (Å²) in [7, 11) is 0. The quantitative estimate of drug-likeness (QED) is 0.781. The molecule has 1 aliphatic heterocycles. The van der Waals surface area contributed by atoms with E-state index in [1.54, 1.807) is 0 Å². The number of nitrogens with zero attached hydrogens (tertiary/aromatic N) is 2. The average molecular weight is 305 g/mol. The molecule has 1 aliphatic rings. The summed E-state index contributed by atoms with van der Waals surface area (Å²) in [6, 6.07) is 17.5. The molecule has 2 aromatic carbocycles. The predicted molar refractivity (Wildman–Crippen MR) is 88.8 cm³/mol. The standard InChI is InChI=1S/C17H11N3OS/c21-16-15(12-8-4-5-9-13(12)18-16)20-17-19-14(10-22-17)11-6-2-1-3-7-11/h1-10H,(H,18,19,20,21). The summed E-state index contributed by atoms with van der Waals surface area (Å²) in [5, 5.41) is 5.35. The number of benzene rings is 2. The minimum absolute atomic E-state index is 0.183. The number of aliphatic imine (C=N–C) groups is 1. The van der Waals surface area contributed by atoms with Crippen LogP contribution in [0.5, 0.6) is 0 Å². The Hall–Kier alpha value is -2.79. The lowest BCUT2D eigenvalue weighted by Crippen LogP contribution is -2.13. The summed E-state index contributed by atoms with van der Waals surface area (Å²) in [5.74, 6) is -0.183. The average Bonchev–Trinajstić information content (AvgIpc) is 3.14. The van der Waals surface area contributed by atoms with Gasteiger partial charge in [0, 0.05) is 16.5 Å². The molecule has 2 heterocycles. The molecule has 106 valence electrons. The normalized spacial score (nSPS) is 14.9. The van der Waals surface area contributed by atoms with Gasteiger partial charge in [0.05, 0.1) is 11.4 Å². The van der Waals surface area contributed by atoms with Crippen LogP contribution in [0.15, 0.2) is 65.0 Å². The first kappa shape index (κ1) is 12.9. The van der Waals surface area contributed by atoms with Crippen molar-refractivity contribution < 1.29 is 4.79 Å². The fraction of sp³-hybridized carbons (Fsp3) is 0. The summed E-state index contributed by atoms with van der Waals surface area (Å²) in [6.45, 7) is 0. The highest BCUT2D eigenvalue weighted by atomic mass is 32.1. The van der Waals surface area contributed by atoms with Gasteiger partial charge in [-0.15, -0.1) is 11.3 Å². The zero-order valence-electron chi connectivity index (χ0n) is 11.5. The third kappa shape index (κ3) is 2.21. The maximum absolute atomic E-state index is 12.0. The summed E-state index contributed by atoms with van der Waals surface area (Å²) in [4.78, 5) is 21.0. The van der Waals surface area contributed by atoms with E-state index in [1.807, 2.05) is 60.0 Å². The minimum atomic E-state index is -0.183. The van der Waals surface area contributed by atoms with E-state index in [-0.39, 0.29) is 5.91 Å². The summed E-state index contributed by atoms with van der Waals surface area (Å²) < 4.78 is 0. The van der Waals surface area contributed by atoms with Gasteiger partial charge in [0.1, 0.15) is 5.71 Å². The monoisotopic (exact) mass is 305 g/mol. The Morgan fingerprint density at radius 3 is 2.64 bits per heavy atom. The SMILES string of the molecule is O=C1Nc2ccccc2C1=Nc1nc(-c2ccccc2)cs1. The molecule has 0 atom stereocenters. The van der Waals surface area contributed by atoms with Crippen molar-refractivity contribution in [1.29, 1.82) is 0 Å². The molecular formula is C17H11N3OS. The van der Waals surface area contributed by atoms with Crippen molar-refractivity contribution >= 4 is 33.8 Å². The van der Waals surface area contributed by atoms with Crippen LogP contribution in [0.2, 0.25) is 0 Å². The fourth-order valence-corrected chi connectivity index (χ4v) is 3.07. The van der Waals surface area contributed by atoms with E-state index in [0.717, 1.165) is 22.5 Å². The topological polar surface area (TPSA) is 54.4 Å². The van der Waals surface area contributed by atoms with Gasteiger partial charge in [-0.05, 0) is 6.07 Å². The molecule has 0 aliphatic carbocycles. The van der Waals surface area contributed by atoms with Gasteiger partial charge in [0.25, 0.3) is 5.91 Å². The van der Waals surface area contributed by atoms with Gasteiger partial charge in [-0.1, -0.05) is 48.5 Å². The summed E-state index contributed by atoms with van der Waals surface area (Å²) in [5.41, 5.74) is 3.96. The molecule has 0 saturated heterocycles. The van der Waals surface area contributed by atoms with Crippen LogP contribution >= 0.6 is 11.3 Å². The van der Waals surface area contributed by atoms with Crippen LogP contribution in [0.25, 0.3) is 11.3 Å². The largest absolute Gasteiger partial charge is 0.320 e. The van der Waals surface area contributed by atoms with Crippen molar-refractivity contribution in [3.05, 3.63) is 65.5 Å². The third-order valence-electron chi connectivity index (χ3n) is 3.41. The van der Waals surface area contributed by atoms with Crippen LogP contribution in [-0.4, -0.2) is 16.6 Å². The molecule has 1 N–H and O–H groups in total. The Balaban J connectivity index is 1.72. The molecule has 22 heavy (non-hydrogen) atoms. The third-order valence-corrected chi connectivity index (χ3v) is 4.15. The Labute approximate surface area is 131 Å². The number of hydrogen-bond acceptors (Lipinski definition) is 4. The maximum Gasteiger partial charge on any atom is 0.275 e. The Kier molecular flexibility index (Phi) is 3.05. The van der Waals surface area contributed by atoms with Crippen molar-refractivity contribution in [1.82, 2.24) is 4.98 Å². The number of rotatable bonds is 2. The van der Waals surface area contributed by atoms with Crippen molar-refractivity contribution in [2.24, 2.45) is 4.99 Å². The number of para-hydroxylation sites is 1. The van der Waals surface area contributed by atoms with Crippen molar-refractivity contribution in [2.45, 2.75) is 0 Å². The Bertz CT molecular complexity index is 884. The summed E-state index contributed by atoms with van der Waals surface area (Å²) >= 11 is 1.43. The molecule has 0 bridgehead atoms. The van der Waals surface area contributed by atoms with E-state index >= 15 is 0 Å². The Morgan fingerprint density at radius 2 is 1.77 bits per heavy atom. The van der Waals surface area contributed by atoms with Crippen LogP contribution in [0.1, 0.15) is 5.56 Å². The highest BCUT2D eigenvalue weighted by molar-refractivity contribution is 7.13. The molecular weight excluding hydrogens is 294 g/mol. The van der Waals surface area contributed by atoms with Gasteiger partial charge in [-0.25, -0.2) is 9.98 Å². The molecule has 0 spiro atoms. The molecule has 0 unspecified atom stereocenters. The van der Waals surface area contributed by atoms with E-state index in [0.29, 0.717) is 10.8 Å². The number of carbonyl (C=O) groups is 1. The second-order valence-electron chi connectivity index (χ2n) is 4.84. The van der Waals surface area contributed by atoms with Crippen LogP contribution in [-0.2, 0) is 4.79 Å². The van der Waals surface area contributed by atoms with E-state index in [9.17, 15) is 4.79 Å². The molecule has 5 heteroatoms. The van der Waals surface area contributed by atoms with Crippen LogP contribution in [0.3, 0.4) is 0 Å². The van der Waals surface area contributed by atoms with Crippen LogP contribution in [0.4, 0.5) is 10.8 Å². The van der Waals surface area contributed by atoms with Gasteiger partial charge >= 0.3 is 0 Å². The second-order valence-corrected chi connectivity index (χ2v) is 5.68. The number of nitrogens with one attached hydrogen (secondary N) is 1. The highest BCUT2D eigenvalue weighted by Crippen LogP contribution is 2.29. The van der Waals surface area contributed by atoms with E-state index in [4.69, 9.17) is 0 Å². The van der Waals surface area contributed by atoms with Gasteiger partial charge in [-0.3, -0.25) is 4.79 Å². The summed E-state index contributed by atoms with van der Waals surface area (Å²) in [6.07, 6.45) is 0. The number of hydrogen-bond donors (Lipinski definition) is 1. The van der Waals surface area contributed by atoms with Gasteiger partial charge in [0.2, 0.25) is 5.13 Å². The molecule has 0 fully saturated rings. The first-order valence-electron chi connectivity index (χ1n) is 6.82. The van der Waals surface area contributed by atoms with Gasteiger partial charge in [-0.2, -0.15) is 0 Å². The highest BCUT2D eigenvalue weighted by Gasteiger charge is 2.25. The number of anilines is 1. The van der Waals surface area contributed by atoms with E-state index in [2.05, 4.69) is 15.3 Å². The van der Waals surface area contributed by atoms with Crippen LogP contribution < -0.4 is 5.32 Å². The first-order chi connectivity index (χ1) is 10.8. The molecule has 4 rings (SSSR count). The second kappa shape index (κ2) is 5.20. The molecule has 0 saturated carbocycles. The fourth-order valence-electron chi connectivity index (χ4n) is 2.37. The molecule has 0 radical (unpaired) electrons. The maximum atomic E-state index is 12.0. The molecule has 1 aromatic heterocycles. The molecule has 3 aromatic rings. The van der Waals surface area contributed by atoms with Crippen molar-refractivity contribution in [2.75, 3.05) is 5.32 Å². The van der Waals surface area contributed by atoms with E-state index < -0.39 is 0 Å². The number of fused-ring (bicyclic) bond motifs is 1. The van der Waals surface area contributed by atoms with Crippen molar-refractivity contribution in [3.8, 4) is 11.3 Å². The predicted octanol–water partition coefficient (Wildman–Crippen LogP) is 3.88. The molecule has 4 nitrogen and oxygen atoms in total. The minimum Gasteiger partial charge on any atom is -0.320 e. The number of carbonyl (C=O) groups excluding carboxylic acids is 1. The number of thiazole rings is 1. The van der Waals surface area contributed by atoms with Gasteiger partial charge < -0.3 is 5.32 Å². The lowest BCUT2D eigenvalue weighted by atomic mass is 10.1. The Morgan fingerprint density at radius 1 is 1.00 bits per heavy atom.